The number of aryl methyl sites for hydroxylation is 1. The number of halogens is 1. The summed E-state index contributed by atoms with van der Waals surface area (Å²) in [6.07, 6.45) is 1.79. The number of hydrogen-bond acceptors (Lipinski definition) is 3. The Morgan fingerprint density at radius 1 is 1.12 bits per heavy atom. The van der Waals surface area contributed by atoms with Gasteiger partial charge in [0.05, 0.1) is 11.7 Å². The molecule has 25 heavy (non-hydrogen) atoms. The van der Waals surface area contributed by atoms with Gasteiger partial charge in [0.1, 0.15) is 17.6 Å². The van der Waals surface area contributed by atoms with Gasteiger partial charge in [0.25, 0.3) is 0 Å². The van der Waals surface area contributed by atoms with Gasteiger partial charge < -0.3 is 14.6 Å². The van der Waals surface area contributed by atoms with Crippen molar-refractivity contribution in [3.05, 3.63) is 83.0 Å². The molecule has 4 rings (SSSR count). The smallest absolute Gasteiger partial charge is 0.174 e. The van der Waals surface area contributed by atoms with Crippen LogP contribution in [0, 0.1) is 6.92 Å². The molecule has 2 atom stereocenters. The van der Waals surface area contributed by atoms with Crippen LogP contribution in [0.1, 0.15) is 29.3 Å². The van der Waals surface area contributed by atoms with Crippen molar-refractivity contribution in [1.82, 2.24) is 10.3 Å². The Balaban J connectivity index is 1.81. The van der Waals surface area contributed by atoms with E-state index in [4.69, 9.17) is 28.2 Å². The van der Waals surface area contributed by atoms with Gasteiger partial charge in [-0.1, -0.05) is 17.7 Å². The molecule has 1 aliphatic rings. The number of thiocarbonyl (C=S) groups is 1. The molecule has 0 saturated carbocycles. The number of rotatable bonds is 3. The van der Waals surface area contributed by atoms with Crippen LogP contribution < -0.4 is 10.2 Å². The zero-order valence-electron chi connectivity index (χ0n) is 13.5. The van der Waals surface area contributed by atoms with Gasteiger partial charge in [0, 0.05) is 16.9 Å². The summed E-state index contributed by atoms with van der Waals surface area (Å²) in [7, 11) is 0. The molecule has 0 aliphatic carbocycles. The summed E-state index contributed by atoms with van der Waals surface area (Å²) >= 11 is 11.7. The summed E-state index contributed by atoms with van der Waals surface area (Å²) in [6.45, 7) is 1.94. The quantitative estimate of drug-likeness (QED) is 0.671. The van der Waals surface area contributed by atoms with Crippen LogP contribution in [-0.2, 0) is 0 Å². The van der Waals surface area contributed by atoms with Crippen molar-refractivity contribution >= 4 is 34.6 Å². The fourth-order valence-electron chi connectivity index (χ4n) is 3.14. The van der Waals surface area contributed by atoms with Gasteiger partial charge in [-0.2, -0.15) is 0 Å². The van der Waals surface area contributed by atoms with E-state index < -0.39 is 0 Å². The lowest BCUT2D eigenvalue weighted by molar-refractivity contribution is 0.418. The van der Waals surface area contributed by atoms with E-state index in [0.717, 1.165) is 22.9 Å². The van der Waals surface area contributed by atoms with Crippen molar-refractivity contribution in [1.29, 1.82) is 0 Å². The first-order chi connectivity index (χ1) is 12.1. The van der Waals surface area contributed by atoms with E-state index in [9.17, 15) is 0 Å². The van der Waals surface area contributed by atoms with E-state index in [-0.39, 0.29) is 12.1 Å². The maximum atomic E-state index is 6.04. The summed E-state index contributed by atoms with van der Waals surface area (Å²) < 4.78 is 5.95. The van der Waals surface area contributed by atoms with Crippen LogP contribution in [0.5, 0.6) is 0 Å². The largest absolute Gasteiger partial charge is 0.464 e. The first-order valence-corrected chi connectivity index (χ1v) is 8.74. The summed E-state index contributed by atoms with van der Waals surface area (Å²) in [5.74, 6) is 1.71. The van der Waals surface area contributed by atoms with E-state index in [1.54, 1.807) is 6.20 Å². The number of hydrogen-bond donors (Lipinski definition) is 1. The Bertz CT molecular complexity index is 895. The Labute approximate surface area is 156 Å². The van der Waals surface area contributed by atoms with Crippen molar-refractivity contribution < 1.29 is 4.42 Å². The van der Waals surface area contributed by atoms with E-state index in [2.05, 4.69) is 15.2 Å². The molecule has 1 N–H and O–H groups in total. The Kier molecular flexibility index (Phi) is 4.19. The first-order valence-electron chi connectivity index (χ1n) is 7.96. The minimum atomic E-state index is -0.128. The van der Waals surface area contributed by atoms with Crippen LogP contribution >= 0.6 is 23.8 Å². The predicted octanol–water partition coefficient (Wildman–Crippen LogP) is 4.81. The lowest BCUT2D eigenvalue weighted by atomic mass is 10.0. The highest BCUT2D eigenvalue weighted by Crippen LogP contribution is 2.42. The van der Waals surface area contributed by atoms with Gasteiger partial charge >= 0.3 is 0 Å². The molecular formula is C19H16ClN3OS. The second kappa shape index (κ2) is 6.50. The van der Waals surface area contributed by atoms with Crippen LogP contribution in [0.4, 0.5) is 5.69 Å². The molecule has 1 fully saturated rings. The number of nitrogens with zero attached hydrogens (tertiary/aromatic N) is 2. The number of nitrogens with one attached hydrogen (secondary N) is 1. The third-order valence-corrected chi connectivity index (χ3v) is 4.82. The number of furan rings is 1. The van der Waals surface area contributed by atoms with Crippen LogP contribution in [-0.4, -0.2) is 10.1 Å². The fourth-order valence-corrected chi connectivity index (χ4v) is 3.61. The van der Waals surface area contributed by atoms with Gasteiger partial charge in [-0.05, 0) is 67.7 Å². The number of anilines is 1. The molecule has 2 aromatic heterocycles. The maximum Gasteiger partial charge on any atom is 0.174 e. The SMILES string of the molecule is Cc1ccc([C@H]2[C@@H](c3ccccn3)NC(=S)N2c2ccc(Cl)cc2)o1. The zero-order chi connectivity index (χ0) is 17.4. The molecule has 0 unspecified atom stereocenters. The second-order valence-electron chi connectivity index (χ2n) is 5.92. The number of pyridine rings is 1. The molecule has 6 heteroatoms. The molecule has 0 spiro atoms. The van der Waals surface area contributed by atoms with Crippen molar-refractivity contribution in [2.75, 3.05) is 4.90 Å². The monoisotopic (exact) mass is 369 g/mol. The molecular weight excluding hydrogens is 354 g/mol. The first kappa shape index (κ1) is 16.1. The summed E-state index contributed by atoms with van der Waals surface area (Å²) in [5, 5.41) is 4.72. The minimum absolute atomic E-state index is 0.102. The van der Waals surface area contributed by atoms with E-state index in [0.29, 0.717) is 10.1 Å². The highest BCUT2D eigenvalue weighted by Gasteiger charge is 2.42. The van der Waals surface area contributed by atoms with Gasteiger partial charge in [-0.3, -0.25) is 4.98 Å². The second-order valence-corrected chi connectivity index (χ2v) is 6.74. The summed E-state index contributed by atoms with van der Waals surface area (Å²) in [4.78, 5) is 6.57. The third-order valence-electron chi connectivity index (χ3n) is 4.26. The van der Waals surface area contributed by atoms with Crippen molar-refractivity contribution in [3.63, 3.8) is 0 Å². The minimum Gasteiger partial charge on any atom is -0.464 e. The highest BCUT2D eigenvalue weighted by atomic mass is 35.5. The van der Waals surface area contributed by atoms with Crippen molar-refractivity contribution in [3.8, 4) is 0 Å². The van der Waals surface area contributed by atoms with Crippen LogP contribution in [0.25, 0.3) is 0 Å². The molecule has 1 aliphatic heterocycles. The van der Waals surface area contributed by atoms with E-state index >= 15 is 0 Å². The third kappa shape index (κ3) is 3.01. The molecule has 4 nitrogen and oxygen atoms in total. The Morgan fingerprint density at radius 3 is 2.56 bits per heavy atom. The molecule has 126 valence electrons. The van der Waals surface area contributed by atoms with Gasteiger partial charge in [0.2, 0.25) is 0 Å². The average molecular weight is 370 g/mol. The van der Waals surface area contributed by atoms with Gasteiger partial charge in [0.15, 0.2) is 5.11 Å². The van der Waals surface area contributed by atoms with Crippen molar-refractivity contribution in [2.24, 2.45) is 0 Å². The predicted molar refractivity (Wildman–Crippen MR) is 103 cm³/mol. The van der Waals surface area contributed by atoms with Crippen LogP contribution in [0.3, 0.4) is 0 Å². The van der Waals surface area contributed by atoms with Crippen LogP contribution in [0.15, 0.2) is 65.2 Å². The molecule has 0 bridgehead atoms. The lowest BCUT2D eigenvalue weighted by Crippen LogP contribution is -2.29. The Morgan fingerprint density at radius 2 is 1.92 bits per heavy atom. The average Bonchev–Trinajstić information content (AvgIpc) is 3.20. The molecule has 0 amide bonds. The van der Waals surface area contributed by atoms with E-state index in [1.165, 1.54) is 0 Å². The number of benzene rings is 1. The zero-order valence-corrected chi connectivity index (χ0v) is 15.1. The normalized spacial score (nSPS) is 19.9. The fraction of sp³-hybridized carbons (Fsp3) is 0.158. The van der Waals surface area contributed by atoms with Gasteiger partial charge in [-0.25, -0.2) is 0 Å². The standard InChI is InChI=1S/C19H16ClN3OS/c1-12-5-10-16(24-12)18-17(15-4-2-3-11-21-15)22-19(25)23(18)14-8-6-13(20)7-9-14/h2-11,17-18H,1H3,(H,22,25)/t17-,18+/m1/s1. The molecule has 3 aromatic rings. The highest BCUT2D eigenvalue weighted by molar-refractivity contribution is 7.80. The topological polar surface area (TPSA) is 41.3 Å². The maximum absolute atomic E-state index is 6.04. The lowest BCUT2D eigenvalue weighted by Gasteiger charge is -2.26. The molecule has 1 aromatic carbocycles. The molecule has 1 saturated heterocycles. The summed E-state index contributed by atoms with van der Waals surface area (Å²) in [6, 6.07) is 17.2. The van der Waals surface area contributed by atoms with E-state index in [1.807, 2.05) is 61.5 Å². The summed E-state index contributed by atoms with van der Waals surface area (Å²) in [5.41, 5.74) is 1.87. The molecule has 3 heterocycles. The molecule has 0 radical (unpaired) electrons. The van der Waals surface area contributed by atoms with Crippen molar-refractivity contribution in [2.45, 2.75) is 19.0 Å². The Hall–Kier alpha value is -2.37. The van der Waals surface area contributed by atoms with Crippen LogP contribution in [0.2, 0.25) is 5.02 Å². The van der Waals surface area contributed by atoms with Gasteiger partial charge in [-0.15, -0.1) is 0 Å². The number of aromatic nitrogens is 1.